The summed E-state index contributed by atoms with van der Waals surface area (Å²) in [4.78, 5) is 0. The second-order valence-corrected chi connectivity index (χ2v) is 8.07. The number of aliphatic hydroxyl groups is 2. The molecule has 27 heavy (non-hydrogen) atoms. The van der Waals surface area contributed by atoms with Gasteiger partial charge in [-0.3, -0.25) is 0 Å². The third-order valence-corrected chi connectivity index (χ3v) is 6.17. The minimum atomic E-state index is -0.798. The van der Waals surface area contributed by atoms with Crippen LogP contribution in [0.3, 0.4) is 0 Å². The average Bonchev–Trinajstić information content (AvgIpc) is 3.40. The highest BCUT2D eigenvalue weighted by atomic mass is 16.7. The molecular weight excluding hydrogens is 356 g/mol. The van der Waals surface area contributed by atoms with E-state index in [0.717, 1.165) is 0 Å². The molecule has 4 unspecified atom stereocenters. The van der Waals surface area contributed by atoms with Crippen LogP contribution in [-0.4, -0.2) is 108 Å². The van der Waals surface area contributed by atoms with Crippen LogP contribution < -0.4 is 0 Å². The van der Waals surface area contributed by atoms with Crippen LogP contribution in [0.5, 0.6) is 0 Å². The fourth-order valence-electron chi connectivity index (χ4n) is 4.80. The van der Waals surface area contributed by atoms with Gasteiger partial charge in [-0.2, -0.15) is 0 Å². The van der Waals surface area contributed by atoms with Gasteiger partial charge in [-0.1, -0.05) is 5.21 Å². The van der Waals surface area contributed by atoms with Crippen molar-refractivity contribution in [1.82, 2.24) is 15.0 Å². The van der Waals surface area contributed by atoms with Gasteiger partial charge in [0.1, 0.15) is 57.0 Å². The zero-order valence-corrected chi connectivity index (χ0v) is 15.4. The number of nitrogens with zero attached hydrogens (tertiary/aromatic N) is 3. The molecule has 0 spiro atoms. The Kier molecular flexibility index (Phi) is 4.17. The molecule has 4 saturated heterocycles. The Morgan fingerprint density at radius 2 is 1.89 bits per heavy atom. The lowest BCUT2D eigenvalue weighted by molar-refractivity contribution is -0.141. The summed E-state index contributed by atoms with van der Waals surface area (Å²) in [5.74, 6) is 0. The second-order valence-electron chi connectivity index (χ2n) is 8.07. The van der Waals surface area contributed by atoms with E-state index in [9.17, 15) is 10.2 Å². The number of ether oxygens (including phenoxy) is 5. The minimum Gasteiger partial charge on any atom is -0.393 e. The van der Waals surface area contributed by atoms with Crippen LogP contribution in [0.4, 0.5) is 0 Å². The van der Waals surface area contributed by atoms with Crippen LogP contribution in [-0.2, 0) is 36.8 Å². The minimum absolute atomic E-state index is 0.121. The third-order valence-electron chi connectivity index (χ3n) is 6.17. The molecule has 4 aliphatic heterocycles. The van der Waals surface area contributed by atoms with Crippen molar-refractivity contribution in [2.24, 2.45) is 0 Å². The Morgan fingerprint density at radius 3 is 2.56 bits per heavy atom. The maximum absolute atomic E-state index is 10.4. The van der Waals surface area contributed by atoms with E-state index in [-0.39, 0.29) is 43.5 Å². The molecule has 146 valence electrons. The van der Waals surface area contributed by atoms with Crippen LogP contribution in [0, 0.1) is 0 Å². The van der Waals surface area contributed by atoms with Crippen molar-refractivity contribution in [3.05, 3.63) is 11.9 Å². The first-order valence-corrected chi connectivity index (χ1v) is 9.35. The monoisotopic (exact) mass is 379 g/mol. The van der Waals surface area contributed by atoms with E-state index in [1.807, 2.05) is 15.7 Å². The molecule has 1 aromatic heterocycles. The lowest BCUT2D eigenvalue weighted by Gasteiger charge is -2.29. The molecule has 10 nitrogen and oxygen atoms in total. The van der Waals surface area contributed by atoms with E-state index in [0.29, 0.717) is 25.5 Å². The van der Waals surface area contributed by atoms with Crippen molar-refractivity contribution >= 4 is 15.7 Å². The van der Waals surface area contributed by atoms with Gasteiger partial charge in [-0.15, -0.1) is 5.10 Å². The van der Waals surface area contributed by atoms with Gasteiger partial charge in [0.05, 0.1) is 51.2 Å². The predicted octanol–water partition coefficient (Wildman–Crippen LogP) is -4.23. The molecule has 5 rings (SSSR count). The molecule has 4 bridgehead atoms. The smallest absolute Gasteiger partial charge is 0.142 e. The predicted molar refractivity (Wildman–Crippen MR) is 93.5 cm³/mol. The summed E-state index contributed by atoms with van der Waals surface area (Å²) in [7, 11) is 3.81. The van der Waals surface area contributed by atoms with Crippen molar-refractivity contribution in [3.63, 3.8) is 0 Å². The number of hydrogen-bond donors (Lipinski definition) is 2. The maximum atomic E-state index is 10.4. The maximum Gasteiger partial charge on any atom is 0.142 e. The zero-order chi connectivity index (χ0) is 18.8. The topological polar surface area (TPSA) is 117 Å². The number of fused-ring (bicyclic) bond motifs is 4. The van der Waals surface area contributed by atoms with Gasteiger partial charge in [0.2, 0.25) is 0 Å². The number of hydrogen-bond acceptors (Lipinski definition) is 9. The molecule has 4 aliphatic rings. The van der Waals surface area contributed by atoms with Crippen molar-refractivity contribution in [3.8, 4) is 0 Å². The van der Waals surface area contributed by atoms with Crippen molar-refractivity contribution in [2.75, 3.05) is 19.8 Å². The first kappa shape index (κ1) is 18.0. The van der Waals surface area contributed by atoms with E-state index < -0.39 is 17.3 Å². The Bertz CT molecular complexity index is 725. The number of aliphatic hydroxyl groups excluding tert-OH is 2. The van der Waals surface area contributed by atoms with Gasteiger partial charge in [-0.25, -0.2) is 4.68 Å². The summed E-state index contributed by atoms with van der Waals surface area (Å²) in [6, 6.07) is -0.265. The summed E-state index contributed by atoms with van der Waals surface area (Å²) in [6.45, 7) is 1.10. The van der Waals surface area contributed by atoms with E-state index in [4.69, 9.17) is 23.7 Å². The van der Waals surface area contributed by atoms with E-state index in [2.05, 4.69) is 10.3 Å². The molecule has 0 aliphatic carbocycles. The fraction of sp³-hybridized carbons (Fsp3) is 0.867. The molecule has 0 aromatic carbocycles. The second kappa shape index (κ2) is 6.24. The van der Waals surface area contributed by atoms with Crippen LogP contribution in [0.2, 0.25) is 0 Å². The van der Waals surface area contributed by atoms with Crippen LogP contribution >= 0.6 is 0 Å². The first-order chi connectivity index (χ1) is 13.0. The average molecular weight is 379 g/mol. The van der Waals surface area contributed by atoms with Gasteiger partial charge in [0.15, 0.2) is 0 Å². The van der Waals surface area contributed by atoms with Crippen molar-refractivity contribution in [1.29, 1.82) is 0 Å². The number of aromatic nitrogens is 3. The van der Waals surface area contributed by atoms with Gasteiger partial charge < -0.3 is 33.9 Å². The zero-order valence-electron chi connectivity index (χ0n) is 15.4. The Labute approximate surface area is 157 Å². The van der Waals surface area contributed by atoms with Gasteiger partial charge in [-0.05, 0) is 0 Å². The third kappa shape index (κ3) is 2.62. The van der Waals surface area contributed by atoms with Crippen LogP contribution in [0.25, 0.3) is 0 Å². The molecule has 0 amide bonds. The van der Waals surface area contributed by atoms with Gasteiger partial charge in [0.25, 0.3) is 0 Å². The van der Waals surface area contributed by atoms with Crippen molar-refractivity contribution in [2.45, 2.75) is 60.8 Å². The molecule has 0 saturated carbocycles. The highest BCUT2D eigenvalue weighted by Gasteiger charge is 2.61. The fourth-order valence-corrected chi connectivity index (χ4v) is 4.80. The summed E-state index contributed by atoms with van der Waals surface area (Å²) in [6.07, 6.45) is 0.277. The molecule has 2 N–H and O–H groups in total. The summed E-state index contributed by atoms with van der Waals surface area (Å²) < 4.78 is 30.7. The Morgan fingerprint density at radius 1 is 1.19 bits per heavy atom. The molecule has 8 atom stereocenters. The molecule has 5 heterocycles. The van der Waals surface area contributed by atoms with Crippen LogP contribution in [0.15, 0.2) is 6.20 Å². The highest BCUT2D eigenvalue weighted by Crippen LogP contribution is 2.41. The van der Waals surface area contributed by atoms with Gasteiger partial charge >= 0.3 is 0 Å². The number of rotatable bonds is 6. The standard InChI is InChI=1S/C15H23B2N3O7/c16-12-8-10(22)14(26-12,5-24-8)3-20-1-7(18-19-20)2-23-11-9-13(17)27-15(11,4-21)6-25-9/h1,8-13,21-22H,2-6,16-17H2/t8?,9?,10?,11?,12-,13-,14+,15+/m1/s1. The van der Waals surface area contributed by atoms with E-state index >= 15 is 0 Å². The largest absolute Gasteiger partial charge is 0.393 e. The SMILES string of the molecule is B[C@@H]1O[C@@]2(Cn3cc(COC4C5OC[C@]4(CO)O[C@H]5B)nn3)COC1C2O. The highest BCUT2D eigenvalue weighted by molar-refractivity contribution is 6.12. The lowest BCUT2D eigenvalue weighted by atomic mass is 9.92. The lowest BCUT2D eigenvalue weighted by Crippen LogP contribution is -2.45. The van der Waals surface area contributed by atoms with Crippen molar-refractivity contribution < 1.29 is 33.9 Å². The molecular formula is C15H23B2N3O7. The van der Waals surface area contributed by atoms with E-state index in [1.54, 1.807) is 10.9 Å². The first-order valence-electron chi connectivity index (χ1n) is 9.35. The summed E-state index contributed by atoms with van der Waals surface area (Å²) in [5, 5.41) is 28.4. The molecule has 1 aromatic rings. The summed E-state index contributed by atoms with van der Waals surface area (Å²) in [5.41, 5.74) is -0.930. The van der Waals surface area contributed by atoms with Gasteiger partial charge in [0, 0.05) is 0 Å². The van der Waals surface area contributed by atoms with E-state index in [1.165, 1.54) is 0 Å². The van der Waals surface area contributed by atoms with Crippen LogP contribution in [0.1, 0.15) is 5.69 Å². The quantitative estimate of drug-likeness (QED) is 0.475. The Hall–Kier alpha value is -1.01. The molecule has 12 heteroatoms. The Balaban J connectivity index is 1.23. The molecule has 4 fully saturated rings. The normalized spacial score (nSPS) is 47.9. The molecule has 0 radical (unpaired) electrons. The summed E-state index contributed by atoms with van der Waals surface area (Å²) >= 11 is 0.